The van der Waals surface area contributed by atoms with Gasteiger partial charge in [-0.15, -0.1) is 0 Å². The van der Waals surface area contributed by atoms with Crippen LogP contribution in [0.4, 0.5) is 11.4 Å². The lowest BCUT2D eigenvalue weighted by molar-refractivity contribution is -0.384. The first-order valence-electron chi connectivity index (χ1n) is 7.11. The summed E-state index contributed by atoms with van der Waals surface area (Å²) in [7, 11) is 0. The molecule has 2 aromatic rings. The maximum atomic E-state index is 12.1. The number of nitro groups is 1. The lowest BCUT2D eigenvalue weighted by Crippen LogP contribution is -2.13. The van der Waals surface area contributed by atoms with Gasteiger partial charge in [0.1, 0.15) is 5.69 Å². The minimum absolute atomic E-state index is 0.0172. The molecule has 1 amide bonds. The van der Waals surface area contributed by atoms with E-state index in [2.05, 4.69) is 17.2 Å². The van der Waals surface area contributed by atoms with Gasteiger partial charge in [-0.2, -0.15) is 0 Å². The zero-order valence-electron chi connectivity index (χ0n) is 12.3. The number of nitro benzene ring substituents is 1. The molecule has 0 saturated heterocycles. The molecule has 0 bridgehead atoms. The van der Waals surface area contributed by atoms with E-state index in [9.17, 15) is 14.9 Å². The number of benzene rings is 1. The van der Waals surface area contributed by atoms with Gasteiger partial charge in [-0.1, -0.05) is 19.4 Å². The predicted molar refractivity (Wildman–Crippen MR) is 83.9 cm³/mol. The number of unbranched alkanes of at least 4 members (excludes halogenated alkanes) is 1. The molecule has 1 N–H and O–H groups in total. The monoisotopic (exact) mass is 299 g/mol. The fraction of sp³-hybridized carbons (Fsp3) is 0.250. The van der Waals surface area contributed by atoms with Crippen molar-refractivity contribution in [3.05, 3.63) is 64.0 Å². The molecule has 0 aliphatic rings. The Kier molecular flexibility index (Phi) is 5.19. The number of nitrogens with one attached hydrogen (secondary N) is 1. The first-order valence-corrected chi connectivity index (χ1v) is 7.11. The van der Waals surface area contributed by atoms with Gasteiger partial charge in [0.05, 0.1) is 4.92 Å². The van der Waals surface area contributed by atoms with Crippen LogP contribution in [0.3, 0.4) is 0 Å². The fourth-order valence-corrected chi connectivity index (χ4v) is 1.95. The number of carbonyl (C=O) groups is 1. The summed E-state index contributed by atoms with van der Waals surface area (Å²) in [5.41, 5.74) is 1.90. The van der Waals surface area contributed by atoms with Gasteiger partial charge in [-0.25, -0.2) is 0 Å². The van der Waals surface area contributed by atoms with Crippen LogP contribution in [0, 0.1) is 10.1 Å². The van der Waals surface area contributed by atoms with Crippen molar-refractivity contribution in [2.75, 3.05) is 5.32 Å². The smallest absolute Gasteiger partial charge is 0.274 e. The molecule has 0 saturated carbocycles. The van der Waals surface area contributed by atoms with Crippen LogP contribution in [0.1, 0.15) is 35.8 Å². The van der Waals surface area contributed by atoms with Crippen molar-refractivity contribution in [2.45, 2.75) is 26.2 Å². The van der Waals surface area contributed by atoms with E-state index in [1.54, 1.807) is 12.3 Å². The lowest BCUT2D eigenvalue weighted by Gasteiger charge is -2.05. The van der Waals surface area contributed by atoms with E-state index in [-0.39, 0.29) is 11.6 Å². The highest BCUT2D eigenvalue weighted by atomic mass is 16.6. The van der Waals surface area contributed by atoms with Crippen molar-refractivity contribution in [3.63, 3.8) is 0 Å². The van der Waals surface area contributed by atoms with Gasteiger partial charge < -0.3 is 5.32 Å². The maximum absolute atomic E-state index is 12.1. The number of pyridine rings is 1. The number of amides is 1. The highest BCUT2D eigenvalue weighted by Crippen LogP contribution is 2.16. The van der Waals surface area contributed by atoms with Crippen molar-refractivity contribution in [1.82, 2.24) is 4.98 Å². The number of aryl methyl sites for hydroxylation is 1. The van der Waals surface area contributed by atoms with E-state index < -0.39 is 4.92 Å². The second-order valence-corrected chi connectivity index (χ2v) is 4.91. The van der Waals surface area contributed by atoms with E-state index in [1.807, 2.05) is 6.07 Å². The molecular weight excluding hydrogens is 282 g/mol. The number of non-ortho nitro benzene ring substituents is 1. The average molecular weight is 299 g/mol. The Morgan fingerprint density at radius 1 is 1.23 bits per heavy atom. The van der Waals surface area contributed by atoms with Gasteiger partial charge in [0.15, 0.2) is 0 Å². The number of hydrogen-bond donors (Lipinski definition) is 1. The van der Waals surface area contributed by atoms with E-state index in [0.29, 0.717) is 11.4 Å². The third kappa shape index (κ3) is 4.12. The van der Waals surface area contributed by atoms with Crippen molar-refractivity contribution in [1.29, 1.82) is 0 Å². The highest BCUT2D eigenvalue weighted by Gasteiger charge is 2.09. The molecule has 6 heteroatoms. The molecule has 22 heavy (non-hydrogen) atoms. The summed E-state index contributed by atoms with van der Waals surface area (Å²) < 4.78 is 0. The maximum Gasteiger partial charge on any atom is 0.274 e. The summed E-state index contributed by atoms with van der Waals surface area (Å²) >= 11 is 0. The largest absolute Gasteiger partial charge is 0.321 e. The normalized spacial score (nSPS) is 10.2. The third-order valence-electron chi connectivity index (χ3n) is 3.21. The molecular formula is C16H17N3O3. The zero-order valence-corrected chi connectivity index (χ0v) is 12.3. The van der Waals surface area contributed by atoms with Crippen molar-refractivity contribution >= 4 is 17.3 Å². The first-order chi connectivity index (χ1) is 10.6. The lowest BCUT2D eigenvalue weighted by atomic mass is 10.1. The number of carbonyl (C=O) groups excluding carboxylic acids is 1. The van der Waals surface area contributed by atoms with E-state index >= 15 is 0 Å². The summed E-state index contributed by atoms with van der Waals surface area (Å²) in [6.07, 6.45) is 4.87. The molecule has 0 fully saturated rings. The van der Waals surface area contributed by atoms with Crippen molar-refractivity contribution in [2.24, 2.45) is 0 Å². The minimum Gasteiger partial charge on any atom is -0.321 e. The van der Waals surface area contributed by atoms with Crippen molar-refractivity contribution in [3.8, 4) is 0 Å². The molecule has 0 unspecified atom stereocenters. The predicted octanol–water partition coefficient (Wildman–Crippen LogP) is 3.58. The molecule has 0 spiro atoms. The van der Waals surface area contributed by atoms with E-state index in [0.717, 1.165) is 24.8 Å². The summed E-state index contributed by atoms with van der Waals surface area (Å²) in [6, 6.07) is 9.25. The quantitative estimate of drug-likeness (QED) is 0.652. The second kappa shape index (κ2) is 7.31. The Bertz CT molecular complexity index is 651. The van der Waals surface area contributed by atoms with Crippen LogP contribution in [0.5, 0.6) is 0 Å². The molecule has 114 valence electrons. The highest BCUT2D eigenvalue weighted by molar-refractivity contribution is 6.02. The van der Waals surface area contributed by atoms with Gasteiger partial charge in [0, 0.05) is 24.0 Å². The second-order valence-electron chi connectivity index (χ2n) is 4.91. The van der Waals surface area contributed by atoms with Gasteiger partial charge in [0.25, 0.3) is 11.6 Å². The standard InChI is InChI=1S/C16H17N3O3/c1-2-3-4-12-5-10-15(17-11-12)16(20)18-13-6-8-14(9-7-13)19(21)22/h5-11H,2-4H2,1H3,(H,18,20). The molecule has 1 heterocycles. The van der Waals surface area contributed by atoms with Crippen LogP contribution in [0.2, 0.25) is 0 Å². The Balaban J connectivity index is 2.00. The molecule has 0 aliphatic carbocycles. The van der Waals surface area contributed by atoms with Gasteiger partial charge >= 0.3 is 0 Å². The van der Waals surface area contributed by atoms with Crippen LogP contribution in [-0.4, -0.2) is 15.8 Å². The number of anilines is 1. The zero-order chi connectivity index (χ0) is 15.9. The van der Waals surface area contributed by atoms with E-state index in [4.69, 9.17) is 0 Å². The molecule has 1 aromatic heterocycles. The molecule has 2 rings (SSSR count). The van der Waals surface area contributed by atoms with E-state index in [1.165, 1.54) is 24.3 Å². The number of rotatable bonds is 6. The summed E-state index contributed by atoms with van der Waals surface area (Å²) in [5, 5.41) is 13.2. The van der Waals surface area contributed by atoms with Gasteiger partial charge in [0.2, 0.25) is 0 Å². The molecule has 6 nitrogen and oxygen atoms in total. The Labute approximate surface area is 128 Å². The van der Waals surface area contributed by atoms with Crippen LogP contribution in [0.15, 0.2) is 42.6 Å². The number of hydrogen-bond acceptors (Lipinski definition) is 4. The summed E-state index contributed by atoms with van der Waals surface area (Å²) in [6.45, 7) is 2.12. The van der Waals surface area contributed by atoms with Crippen LogP contribution in [0.25, 0.3) is 0 Å². The minimum atomic E-state index is -0.484. The Morgan fingerprint density at radius 2 is 1.95 bits per heavy atom. The summed E-state index contributed by atoms with van der Waals surface area (Å²) in [5.74, 6) is -0.337. The van der Waals surface area contributed by atoms with Gasteiger partial charge in [-0.3, -0.25) is 19.9 Å². The van der Waals surface area contributed by atoms with Crippen LogP contribution in [-0.2, 0) is 6.42 Å². The molecule has 0 radical (unpaired) electrons. The molecule has 1 aromatic carbocycles. The Hall–Kier alpha value is -2.76. The topological polar surface area (TPSA) is 85.1 Å². The third-order valence-corrected chi connectivity index (χ3v) is 3.21. The number of aromatic nitrogens is 1. The van der Waals surface area contributed by atoms with Crippen LogP contribution >= 0.6 is 0 Å². The molecule has 0 atom stereocenters. The first kappa shape index (κ1) is 15.6. The van der Waals surface area contributed by atoms with Crippen LogP contribution < -0.4 is 5.32 Å². The SMILES string of the molecule is CCCCc1ccc(C(=O)Nc2ccc([N+](=O)[O-])cc2)nc1. The molecule has 0 aliphatic heterocycles. The number of nitrogens with zero attached hydrogens (tertiary/aromatic N) is 2. The Morgan fingerprint density at radius 3 is 2.50 bits per heavy atom. The van der Waals surface area contributed by atoms with Gasteiger partial charge in [-0.05, 0) is 36.6 Å². The average Bonchev–Trinajstić information content (AvgIpc) is 2.54. The van der Waals surface area contributed by atoms with Crippen molar-refractivity contribution < 1.29 is 9.72 Å². The summed E-state index contributed by atoms with van der Waals surface area (Å²) in [4.78, 5) is 26.3. The fourth-order valence-electron chi connectivity index (χ4n) is 1.95.